The molecule has 3 rings (SSSR count). The Morgan fingerprint density at radius 2 is 2.16 bits per heavy atom. The van der Waals surface area contributed by atoms with Gasteiger partial charge in [0.15, 0.2) is 0 Å². The molecule has 2 atom stereocenters. The van der Waals surface area contributed by atoms with Crippen LogP contribution in [0.25, 0.3) is 10.8 Å². The van der Waals surface area contributed by atoms with Gasteiger partial charge in [-0.05, 0) is 41.2 Å². The molecule has 1 aliphatic rings. The van der Waals surface area contributed by atoms with E-state index in [1.54, 1.807) is 0 Å². The third-order valence-electron chi connectivity index (χ3n) is 4.85. The van der Waals surface area contributed by atoms with Gasteiger partial charge in [0.1, 0.15) is 0 Å². The number of nitrogens with zero attached hydrogens (tertiary/aromatic N) is 1. The molecule has 1 heterocycles. The summed E-state index contributed by atoms with van der Waals surface area (Å²) in [7, 11) is 0. The SMILES string of the molecule is CC1(C)CCCC1C(N)c1cccc2ccncc12. The third kappa shape index (κ3) is 2.14. The van der Waals surface area contributed by atoms with E-state index in [2.05, 4.69) is 43.1 Å². The molecule has 0 bridgehead atoms. The minimum absolute atomic E-state index is 0.116. The lowest BCUT2D eigenvalue weighted by molar-refractivity contribution is 0.223. The lowest BCUT2D eigenvalue weighted by Gasteiger charge is -2.32. The average Bonchev–Trinajstić information content (AvgIpc) is 2.77. The van der Waals surface area contributed by atoms with Crippen molar-refractivity contribution in [2.24, 2.45) is 17.1 Å². The van der Waals surface area contributed by atoms with E-state index < -0.39 is 0 Å². The fourth-order valence-corrected chi connectivity index (χ4v) is 3.66. The van der Waals surface area contributed by atoms with E-state index in [1.807, 2.05) is 12.4 Å². The van der Waals surface area contributed by atoms with Gasteiger partial charge in [0.2, 0.25) is 0 Å². The lowest BCUT2D eigenvalue weighted by atomic mass is 9.75. The van der Waals surface area contributed by atoms with E-state index in [4.69, 9.17) is 5.73 Å². The van der Waals surface area contributed by atoms with Crippen LogP contribution in [0.15, 0.2) is 36.7 Å². The maximum atomic E-state index is 6.61. The van der Waals surface area contributed by atoms with Crippen molar-refractivity contribution in [1.82, 2.24) is 4.98 Å². The first-order valence-electron chi connectivity index (χ1n) is 7.18. The molecule has 2 N–H and O–H groups in total. The summed E-state index contributed by atoms with van der Waals surface area (Å²) in [6, 6.07) is 8.59. The van der Waals surface area contributed by atoms with Gasteiger partial charge in [0, 0.05) is 23.8 Å². The molecule has 1 fully saturated rings. The summed E-state index contributed by atoms with van der Waals surface area (Å²) >= 11 is 0. The molecular weight excluding hydrogens is 232 g/mol. The Hall–Kier alpha value is -1.41. The normalized spacial score (nSPS) is 23.6. The Labute approximate surface area is 115 Å². The van der Waals surface area contributed by atoms with E-state index in [9.17, 15) is 0 Å². The Bertz CT molecular complexity index is 583. The van der Waals surface area contributed by atoms with E-state index in [0.29, 0.717) is 11.3 Å². The molecule has 0 aliphatic heterocycles. The minimum Gasteiger partial charge on any atom is -0.324 e. The van der Waals surface area contributed by atoms with Gasteiger partial charge in [-0.15, -0.1) is 0 Å². The third-order valence-corrected chi connectivity index (χ3v) is 4.85. The number of pyridine rings is 1. The van der Waals surface area contributed by atoms with Crippen molar-refractivity contribution in [3.8, 4) is 0 Å². The molecule has 100 valence electrons. The second-order valence-electron chi connectivity index (χ2n) is 6.46. The molecule has 1 aromatic heterocycles. The summed E-state index contributed by atoms with van der Waals surface area (Å²) in [4.78, 5) is 4.26. The number of rotatable bonds is 2. The van der Waals surface area contributed by atoms with Crippen LogP contribution in [0, 0.1) is 11.3 Å². The van der Waals surface area contributed by atoms with Crippen LogP contribution in [-0.4, -0.2) is 4.98 Å². The van der Waals surface area contributed by atoms with E-state index in [-0.39, 0.29) is 6.04 Å². The van der Waals surface area contributed by atoms with Crippen LogP contribution in [0.3, 0.4) is 0 Å². The van der Waals surface area contributed by atoms with Gasteiger partial charge in [0.05, 0.1) is 0 Å². The summed E-state index contributed by atoms with van der Waals surface area (Å²) in [6.45, 7) is 4.71. The zero-order valence-electron chi connectivity index (χ0n) is 11.8. The molecule has 2 heteroatoms. The van der Waals surface area contributed by atoms with E-state index in [1.165, 1.54) is 35.6 Å². The van der Waals surface area contributed by atoms with Crippen molar-refractivity contribution in [2.45, 2.75) is 39.2 Å². The predicted octanol–water partition coefficient (Wildman–Crippen LogP) is 4.06. The first-order chi connectivity index (χ1) is 9.09. The van der Waals surface area contributed by atoms with Crippen molar-refractivity contribution in [3.63, 3.8) is 0 Å². The van der Waals surface area contributed by atoms with Gasteiger partial charge < -0.3 is 5.73 Å². The van der Waals surface area contributed by atoms with Gasteiger partial charge in [-0.2, -0.15) is 0 Å². The number of fused-ring (bicyclic) bond motifs is 1. The minimum atomic E-state index is 0.116. The number of hydrogen-bond acceptors (Lipinski definition) is 2. The Kier molecular flexibility index (Phi) is 3.06. The highest BCUT2D eigenvalue weighted by Gasteiger charge is 2.38. The number of benzene rings is 1. The standard InChI is InChI=1S/C17H22N2/c1-17(2)9-4-7-15(17)16(18)13-6-3-5-12-8-10-19-11-14(12)13/h3,5-6,8,10-11,15-16H,4,7,9,18H2,1-2H3. The molecule has 0 amide bonds. The largest absolute Gasteiger partial charge is 0.324 e. The van der Waals surface area contributed by atoms with Crippen molar-refractivity contribution in [3.05, 3.63) is 42.2 Å². The molecule has 0 saturated heterocycles. The molecule has 0 spiro atoms. The molecule has 0 radical (unpaired) electrons. The van der Waals surface area contributed by atoms with E-state index >= 15 is 0 Å². The zero-order valence-corrected chi connectivity index (χ0v) is 11.8. The lowest BCUT2D eigenvalue weighted by Crippen LogP contribution is -2.29. The van der Waals surface area contributed by atoms with Crippen LogP contribution in [-0.2, 0) is 0 Å². The second-order valence-corrected chi connectivity index (χ2v) is 6.46. The smallest absolute Gasteiger partial charge is 0.0349 e. The Morgan fingerprint density at radius 1 is 1.32 bits per heavy atom. The first-order valence-corrected chi connectivity index (χ1v) is 7.18. The molecule has 1 saturated carbocycles. The number of aromatic nitrogens is 1. The topological polar surface area (TPSA) is 38.9 Å². The fraction of sp³-hybridized carbons (Fsp3) is 0.471. The van der Waals surface area contributed by atoms with Crippen LogP contribution in [0.1, 0.15) is 44.7 Å². The van der Waals surface area contributed by atoms with Crippen LogP contribution in [0.2, 0.25) is 0 Å². The van der Waals surface area contributed by atoms with Crippen LogP contribution >= 0.6 is 0 Å². The van der Waals surface area contributed by atoms with Crippen molar-refractivity contribution in [2.75, 3.05) is 0 Å². The first kappa shape index (κ1) is 12.6. The highest BCUT2D eigenvalue weighted by atomic mass is 14.7. The highest BCUT2D eigenvalue weighted by molar-refractivity contribution is 5.85. The predicted molar refractivity (Wildman–Crippen MR) is 79.8 cm³/mol. The van der Waals surface area contributed by atoms with Gasteiger partial charge >= 0.3 is 0 Å². The van der Waals surface area contributed by atoms with Crippen LogP contribution < -0.4 is 5.73 Å². The Balaban J connectivity index is 2.04. The molecule has 2 unspecified atom stereocenters. The summed E-state index contributed by atoms with van der Waals surface area (Å²) in [6.07, 6.45) is 7.62. The molecule has 2 aromatic rings. The van der Waals surface area contributed by atoms with Gasteiger partial charge in [-0.1, -0.05) is 38.5 Å². The van der Waals surface area contributed by atoms with Gasteiger partial charge in [-0.3, -0.25) is 4.98 Å². The average molecular weight is 254 g/mol. The maximum Gasteiger partial charge on any atom is 0.0349 e. The summed E-state index contributed by atoms with van der Waals surface area (Å²) in [5, 5.41) is 2.44. The van der Waals surface area contributed by atoms with Crippen LogP contribution in [0.5, 0.6) is 0 Å². The Morgan fingerprint density at radius 3 is 2.89 bits per heavy atom. The molecular formula is C17H22N2. The van der Waals surface area contributed by atoms with Crippen molar-refractivity contribution >= 4 is 10.8 Å². The summed E-state index contributed by atoms with van der Waals surface area (Å²) < 4.78 is 0. The fourth-order valence-electron chi connectivity index (χ4n) is 3.66. The van der Waals surface area contributed by atoms with Gasteiger partial charge in [-0.25, -0.2) is 0 Å². The van der Waals surface area contributed by atoms with Crippen molar-refractivity contribution < 1.29 is 0 Å². The summed E-state index contributed by atoms with van der Waals surface area (Å²) in [5.41, 5.74) is 8.22. The zero-order chi connectivity index (χ0) is 13.5. The van der Waals surface area contributed by atoms with Crippen LogP contribution in [0.4, 0.5) is 0 Å². The van der Waals surface area contributed by atoms with Gasteiger partial charge in [0.25, 0.3) is 0 Å². The number of nitrogens with two attached hydrogens (primary N) is 1. The summed E-state index contributed by atoms with van der Waals surface area (Å²) in [5.74, 6) is 0.568. The molecule has 19 heavy (non-hydrogen) atoms. The second kappa shape index (κ2) is 4.61. The molecule has 1 aliphatic carbocycles. The monoisotopic (exact) mass is 254 g/mol. The molecule has 1 aromatic carbocycles. The quantitative estimate of drug-likeness (QED) is 0.877. The highest BCUT2D eigenvalue weighted by Crippen LogP contribution is 2.48. The van der Waals surface area contributed by atoms with Crippen molar-refractivity contribution in [1.29, 1.82) is 0 Å². The van der Waals surface area contributed by atoms with E-state index in [0.717, 1.165) is 0 Å². The maximum absolute atomic E-state index is 6.61. The number of hydrogen-bond donors (Lipinski definition) is 1. The molecule has 2 nitrogen and oxygen atoms in total.